The Hall–Kier alpha value is -1.72. The van der Waals surface area contributed by atoms with E-state index in [0.717, 1.165) is 42.6 Å². The average Bonchev–Trinajstić information content (AvgIpc) is 2.59. The molecule has 1 aromatic heterocycles. The Morgan fingerprint density at radius 2 is 2.04 bits per heavy atom. The molecular weight excluding hydrogens is 316 g/mol. The van der Waals surface area contributed by atoms with Gasteiger partial charge in [-0.2, -0.15) is 0 Å². The number of aromatic nitrogens is 1. The highest BCUT2D eigenvalue weighted by molar-refractivity contribution is 6.17. The number of H-pyrrole nitrogens is 1. The van der Waals surface area contributed by atoms with Gasteiger partial charge in [0.05, 0.1) is 25.3 Å². The Labute approximate surface area is 140 Å². The molecule has 124 valence electrons. The smallest absolute Gasteiger partial charge is 0.271 e. The van der Waals surface area contributed by atoms with Gasteiger partial charge in [0.1, 0.15) is 11.4 Å². The Bertz CT molecular complexity index is 711. The second-order valence-electron chi connectivity index (χ2n) is 5.58. The number of fused-ring (bicyclic) bond motifs is 1. The predicted molar refractivity (Wildman–Crippen MR) is 93.0 cm³/mol. The van der Waals surface area contributed by atoms with Gasteiger partial charge in [0.15, 0.2) is 0 Å². The zero-order valence-electron chi connectivity index (χ0n) is 13.0. The van der Waals surface area contributed by atoms with Crippen LogP contribution in [-0.2, 0) is 4.74 Å². The maximum Gasteiger partial charge on any atom is 0.271 e. The van der Waals surface area contributed by atoms with Crippen molar-refractivity contribution in [2.75, 3.05) is 43.7 Å². The van der Waals surface area contributed by atoms with Crippen molar-refractivity contribution in [2.24, 2.45) is 0 Å². The Kier molecular flexibility index (Phi) is 5.41. The van der Waals surface area contributed by atoms with Gasteiger partial charge in [0, 0.05) is 30.4 Å². The molecule has 0 unspecified atom stereocenters. The summed E-state index contributed by atoms with van der Waals surface area (Å²) < 4.78 is 11.0. The number of pyridine rings is 1. The van der Waals surface area contributed by atoms with Crippen LogP contribution >= 0.6 is 11.6 Å². The number of ether oxygens (including phenoxy) is 2. The molecule has 23 heavy (non-hydrogen) atoms. The third-order valence-electron chi connectivity index (χ3n) is 3.95. The summed E-state index contributed by atoms with van der Waals surface area (Å²) in [7, 11) is 0. The molecular formula is C17H21ClN2O3. The number of hydrogen-bond donors (Lipinski definition) is 1. The van der Waals surface area contributed by atoms with E-state index in [1.165, 1.54) is 0 Å². The van der Waals surface area contributed by atoms with E-state index < -0.39 is 0 Å². The molecule has 5 nitrogen and oxygen atoms in total. The average molecular weight is 337 g/mol. The first kappa shape index (κ1) is 16.1. The van der Waals surface area contributed by atoms with Crippen LogP contribution in [0, 0.1) is 0 Å². The predicted octanol–water partition coefficient (Wildman–Crippen LogP) is 2.76. The molecule has 0 bridgehead atoms. The van der Waals surface area contributed by atoms with Crippen molar-refractivity contribution >= 4 is 28.2 Å². The summed E-state index contributed by atoms with van der Waals surface area (Å²) in [6.45, 7) is 3.44. The van der Waals surface area contributed by atoms with Crippen LogP contribution < -0.4 is 15.2 Å². The molecule has 0 spiro atoms. The SMILES string of the molecule is O=c1[nH]c2cc(OCCCCCl)ccc2cc1N1CCOCC1. The highest BCUT2D eigenvalue weighted by atomic mass is 35.5. The summed E-state index contributed by atoms with van der Waals surface area (Å²) in [5.41, 5.74) is 1.43. The monoisotopic (exact) mass is 336 g/mol. The number of alkyl halides is 1. The number of anilines is 1. The molecule has 1 saturated heterocycles. The van der Waals surface area contributed by atoms with Crippen molar-refractivity contribution in [1.29, 1.82) is 0 Å². The zero-order valence-corrected chi connectivity index (χ0v) is 13.8. The Morgan fingerprint density at radius 3 is 2.83 bits per heavy atom. The molecule has 0 aliphatic carbocycles. The van der Waals surface area contributed by atoms with Crippen molar-refractivity contribution in [2.45, 2.75) is 12.8 Å². The second kappa shape index (κ2) is 7.70. The van der Waals surface area contributed by atoms with Crippen molar-refractivity contribution < 1.29 is 9.47 Å². The lowest BCUT2D eigenvalue weighted by molar-refractivity contribution is 0.122. The van der Waals surface area contributed by atoms with Gasteiger partial charge in [-0.3, -0.25) is 4.79 Å². The van der Waals surface area contributed by atoms with Crippen LogP contribution in [0.5, 0.6) is 5.75 Å². The molecule has 2 heterocycles. The first-order valence-corrected chi connectivity index (χ1v) is 8.50. The first-order valence-electron chi connectivity index (χ1n) is 7.96. The maximum atomic E-state index is 12.3. The van der Waals surface area contributed by atoms with Crippen LogP contribution in [0.25, 0.3) is 10.9 Å². The molecule has 1 N–H and O–H groups in total. The fourth-order valence-corrected chi connectivity index (χ4v) is 2.87. The minimum Gasteiger partial charge on any atom is -0.494 e. The third kappa shape index (κ3) is 3.98. The summed E-state index contributed by atoms with van der Waals surface area (Å²) in [5.74, 6) is 1.42. The van der Waals surface area contributed by atoms with Crippen molar-refractivity contribution in [3.8, 4) is 5.75 Å². The van der Waals surface area contributed by atoms with E-state index in [4.69, 9.17) is 21.1 Å². The molecule has 1 aromatic carbocycles. The van der Waals surface area contributed by atoms with Gasteiger partial charge in [0.2, 0.25) is 0 Å². The van der Waals surface area contributed by atoms with Gasteiger partial charge < -0.3 is 19.4 Å². The minimum absolute atomic E-state index is 0.0707. The molecule has 1 aliphatic rings. The van der Waals surface area contributed by atoms with Gasteiger partial charge >= 0.3 is 0 Å². The number of morpholine rings is 1. The largest absolute Gasteiger partial charge is 0.494 e. The maximum absolute atomic E-state index is 12.3. The number of nitrogens with zero attached hydrogens (tertiary/aromatic N) is 1. The molecule has 0 amide bonds. The quantitative estimate of drug-likeness (QED) is 0.651. The standard InChI is InChI=1S/C17H21ClN2O3/c18-5-1-2-8-23-14-4-3-13-11-16(17(21)19-15(13)12-14)20-6-9-22-10-7-20/h3-4,11-12H,1-2,5-10H2,(H,19,21). The van der Waals surface area contributed by atoms with E-state index in [1.54, 1.807) is 0 Å². The highest BCUT2D eigenvalue weighted by Crippen LogP contribution is 2.22. The van der Waals surface area contributed by atoms with Gasteiger partial charge in [-0.1, -0.05) is 0 Å². The Morgan fingerprint density at radius 1 is 1.22 bits per heavy atom. The third-order valence-corrected chi connectivity index (χ3v) is 4.21. The number of unbranched alkanes of at least 4 members (excludes halogenated alkanes) is 1. The van der Waals surface area contributed by atoms with Gasteiger partial charge in [0.25, 0.3) is 5.56 Å². The minimum atomic E-state index is -0.0707. The van der Waals surface area contributed by atoms with Gasteiger partial charge in [-0.05, 0) is 31.0 Å². The van der Waals surface area contributed by atoms with E-state index in [0.29, 0.717) is 31.4 Å². The Balaban J connectivity index is 1.79. The lowest BCUT2D eigenvalue weighted by atomic mass is 10.2. The number of halogens is 1. The molecule has 0 saturated carbocycles. The van der Waals surface area contributed by atoms with Crippen LogP contribution in [0.3, 0.4) is 0 Å². The number of hydrogen-bond acceptors (Lipinski definition) is 4. The number of rotatable bonds is 6. The van der Waals surface area contributed by atoms with E-state index >= 15 is 0 Å². The van der Waals surface area contributed by atoms with Crippen molar-refractivity contribution in [3.05, 3.63) is 34.6 Å². The summed E-state index contributed by atoms with van der Waals surface area (Å²) in [5, 5.41) is 0.999. The van der Waals surface area contributed by atoms with Gasteiger partial charge in [-0.15, -0.1) is 11.6 Å². The number of benzene rings is 1. The molecule has 6 heteroatoms. The van der Waals surface area contributed by atoms with Crippen LogP contribution in [-0.4, -0.2) is 43.8 Å². The lowest BCUT2D eigenvalue weighted by Crippen LogP contribution is -2.39. The van der Waals surface area contributed by atoms with Gasteiger partial charge in [-0.25, -0.2) is 0 Å². The summed E-state index contributed by atoms with van der Waals surface area (Å²) in [6.07, 6.45) is 1.86. The second-order valence-corrected chi connectivity index (χ2v) is 5.95. The van der Waals surface area contributed by atoms with Crippen molar-refractivity contribution in [1.82, 2.24) is 4.98 Å². The van der Waals surface area contributed by atoms with E-state index in [2.05, 4.69) is 9.88 Å². The van der Waals surface area contributed by atoms with Crippen molar-refractivity contribution in [3.63, 3.8) is 0 Å². The van der Waals surface area contributed by atoms with Crippen LogP contribution in [0.1, 0.15) is 12.8 Å². The van der Waals surface area contributed by atoms with E-state index in [1.807, 2.05) is 24.3 Å². The summed E-state index contributed by atoms with van der Waals surface area (Å²) >= 11 is 5.65. The fraction of sp³-hybridized carbons (Fsp3) is 0.471. The molecule has 2 aromatic rings. The van der Waals surface area contributed by atoms with Crippen LogP contribution in [0.4, 0.5) is 5.69 Å². The van der Waals surface area contributed by atoms with E-state index in [9.17, 15) is 4.79 Å². The normalized spacial score (nSPS) is 15.1. The van der Waals surface area contributed by atoms with E-state index in [-0.39, 0.29) is 5.56 Å². The first-order chi connectivity index (χ1) is 11.3. The summed E-state index contributed by atoms with van der Waals surface area (Å²) in [4.78, 5) is 17.4. The molecule has 0 atom stereocenters. The number of aromatic amines is 1. The topological polar surface area (TPSA) is 54.6 Å². The molecule has 1 aliphatic heterocycles. The van der Waals surface area contributed by atoms with Crippen LogP contribution in [0.2, 0.25) is 0 Å². The number of nitrogens with one attached hydrogen (secondary N) is 1. The highest BCUT2D eigenvalue weighted by Gasteiger charge is 2.15. The summed E-state index contributed by atoms with van der Waals surface area (Å²) in [6, 6.07) is 7.73. The lowest BCUT2D eigenvalue weighted by Gasteiger charge is -2.28. The zero-order chi connectivity index (χ0) is 16.1. The molecule has 0 radical (unpaired) electrons. The fourth-order valence-electron chi connectivity index (χ4n) is 2.68. The molecule has 1 fully saturated rings. The van der Waals surface area contributed by atoms with Crippen LogP contribution in [0.15, 0.2) is 29.1 Å². The molecule has 3 rings (SSSR count).